The van der Waals surface area contributed by atoms with E-state index in [1.807, 2.05) is 72.8 Å². The summed E-state index contributed by atoms with van der Waals surface area (Å²) in [5, 5.41) is 2.68. The van der Waals surface area contributed by atoms with Crippen molar-refractivity contribution in [1.29, 1.82) is 0 Å². The fourth-order valence-corrected chi connectivity index (χ4v) is 3.88. The van der Waals surface area contributed by atoms with Crippen molar-refractivity contribution in [2.75, 3.05) is 0 Å². The standard InChI is InChI=1S/C24H18BrIN2O3/c25-19-8-11-22(31-15-17-6-9-20(26)10-7-17)18(12-19)13-21-23(29)28(24(30)27-21)14-16-4-2-1-3-5-16/h1-13H,14-15H2,(H,27,30)/b21-13+. The summed E-state index contributed by atoms with van der Waals surface area (Å²) < 4.78 is 8.01. The van der Waals surface area contributed by atoms with Crippen LogP contribution >= 0.6 is 38.5 Å². The minimum absolute atomic E-state index is 0.220. The molecule has 3 aromatic rings. The molecule has 0 bridgehead atoms. The number of halogens is 2. The van der Waals surface area contributed by atoms with E-state index in [1.165, 1.54) is 4.90 Å². The van der Waals surface area contributed by atoms with Crippen molar-refractivity contribution in [1.82, 2.24) is 10.2 Å². The molecule has 31 heavy (non-hydrogen) atoms. The smallest absolute Gasteiger partial charge is 0.329 e. The van der Waals surface area contributed by atoms with Gasteiger partial charge in [0.2, 0.25) is 0 Å². The number of nitrogens with zero attached hydrogens (tertiary/aromatic N) is 1. The van der Waals surface area contributed by atoms with Crippen molar-refractivity contribution >= 4 is 56.5 Å². The van der Waals surface area contributed by atoms with Gasteiger partial charge in [-0.3, -0.25) is 9.69 Å². The molecule has 3 aromatic carbocycles. The lowest BCUT2D eigenvalue weighted by Gasteiger charge is -2.12. The first-order chi connectivity index (χ1) is 15.0. The number of imide groups is 1. The third-order valence-electron chi connectivity index (χ3n) is 4.73. The van der Waals surface area contributed by atoms with Gasteiger partial charge in [0.1, 0.15) is 18.1 Å². The number of urea groups is 1. The van der Waals surface area contributed by atoms with E-state index < -0.39 is 6.03 Å². The predicted octanol–water partition coefficient (Wildman–Crippen LogP) is 5.73. The summed E-state index contributed by atoms with van der Waals surface area (Å²) >= 11 is 5.72. The molecule has 7 heteroatoms. The van der Waals surface area contributed by atoms with Crippen molar-refractivity contribution in [3.05, 3.63) is 103 Å². The number of ether oxygens (including phenoxy) is 1. The van der Waals surface area contributed by atoms with E-state index in [9.17, 15) is 9.59 Å². The Morgan fingerprint density at radius 3 is 2.45 bits per heavy atom. The summed E-state index contributed by atoms with van der Waals surface area (Å²) in [5.41, 5.74) is 2.85. The summed E-state index contributed by atoms with van der Waals surface area (Å²) in [6, 6.07) is 22.6. The molecule has 1 aliphatic heterocycles. The van der Waals surface area contributed by atoms with Crippen molar-refractivity contribution < 1.29 is 14.3 Å². The van der Waals surface area contributed by atoms with Crippen molar-refractivity contribution in [3.8, 4) is 5.75 Å². The zero-order valence-electron chi connectivity index (χ0n) is 16.3. The van der Waals surface area contributed by atoms with Crippen LogP contribution in [-0.2, 0) is 17.9 Å². The lowest BCUT2D eigenvalue weighted by Crippen LogP contribution is -2.30. The molecule has 0 aliphatic carbocycles. The van der Waals surface area contributed by atoms with Crippen molar-refractivity contribution in [2.45, 2.75) is 13.2 Å². The minimum atomic E-state index is -0.434. The number of rotatable bonds is 6. The number of carbonyl (C=O) groups excluding carboxylic acids is 2. The topological polar surface area (TPSA) is 58.6 Å². The Morgan fingerprint density at radius 1 is 0.968 bits per heavy atom. The highest BCUT2D eigenvalue weighted by Gasteiger charge is 2.33. The van der Waals surface area contributed by atoms with Crippen LogP contribution in [0.15, 0.2) is 83.0 Å². The van der Waals surface area contributed by atoms with Crippen LogP contribution < -0.4 is 10.1 Å². The largest absolute Gasteiger partial charge is 0.488 e. The maximum absolute atomic E-state index is 12.9. The molecule has 0 radical (unpaired) electrons. The van der Waals surface area contributed by atoms with Crippen LogP contribution in [0.2, 0.25) is 0 Å². The van der Waals surface area contributed by atoms with E-state index in [2.05, 4.69) is 43.8 Å². The van der Waals surface area contributed by atoms with Crippen LogP contribution in [0, 0.1) is 3.57 Å². The normalized spacial score (nSPS) is 14.8. The molecule has 1 saturated heterocycles. The number of amides is 3. The Hall–Kier alpha value is -2.65. The molecule has 0 aromatic heterocycles. The zero-order valence-corrected chi connectivity index (χ0v) is 20.1. The summed E-state index contributed by atoms with van der Waals surface area (Å²) in [6.45, 7) is 0.618. The van der Waals surface area contributed by atoms with Crippen molar-refractivity contribution in [2.24, 2.45) is 0 Å². The zero-order chi connectivity index (χ0) is 21.8. The van der Waals surface area contributed by atoms with Crippen LogP contribution in [-0.4, -0.2) is 16.8 Å². The molecule has 1 N–H and O–H groups in total. The number of benzene rings is 3. The second-order valence-electron chi connectivity index (χ2n) is 6.96. The van der Waals surface area contributed by atoms with Gasteiger partial charge in [0.15, 0.2) is 0 Å². The van der Waals surface area contributed by atoms with E-state index in [-0.39, 0.29) is 18.1 Å². The molecule has 156 valence electrons. The van der Waals surface area contributed by atoms with Gasteiger partial charge < -0.3 is 10.1 Å². The van der Waals surface area contributed by atoms with Gasteiger partial charge in [-0.2, -0.15) is 0 Å². The van der Waals surface area contributed by atoms with Gasteiger partial charge in [-0.25, -0.2) is 4.79 Å². The molecule has 3 amide bonds. The van der Waals surface area contributed by atoms with Crippen molar-refractivity contribution in [3.63, 3.8) is 0 Å². The monoisotopic (exact) mass is 588 g/mol. The van der Waals surface area contributed by atoms with Gasteiger partial charge in [-0.1, -0.05) is 58.4 Å². The summed E-state index contributed by atoms with van der Waals surface area (Å²) in [6.07, 6.45) is 1.65. The Bertz CT molecular complexity index is 1150. The Labute approximate surface area is 202 Å². The van der Waals surface area contributed by atoms with E-state index in [0.717, 1.165) is 19.2 Å². The molecule has 1 fully saturated rings. The average Bonchev–Trinajstić information content (AvgIpc) is 3.02. The van der Waals surface area contributed by atoms with E-state index in [0.29, 0.717) is 17.9 Å². The summed E-state index contributed by atoms with van der Waals surface area (Å²) in [5.74, 6) is 0.259. The molecule has 5 nitrogen and oxygen atoms in total. The summed E-state index contributed by atoms with van der Waals surface area (Å²) in [7, 11) is 0. The minimum Gasteiger partial charge on any atom is -0.488 e. The van der Waals surface area contributed by atoms with Crippen LogP contribution in [0.25, 0.3) is 6.08 Å². The van der Waals surface area contributed by atoms with E-state index in [1.54, 1.807) is 6.08 Å². The predicted molar refractivity (Wildman–Crippen MR) is 131 cm³/mol. The molecule has 0 atom stereocenters. The first kappa shape index (κ1) is 21.6. The molecule has 0 spiro atoms. The second kappa shape index (κ2) is 9.65. The molecule has 0 unspecified atom stereocenters. The van der Waals surface area contributed by atoms with Gasteiger partial charge in [0, 0.05) is 13.6 Å². The first-order valence-corrected chi connectivity index (χ1v) is 11.4. The SMILES string of the molecule is O=C1N/C(=C/c2cc(Br)ccc2OCc2ccc(I)cc2)C(=O)N1Cc1ccccc1. The molecular weight excluding hydrogens is 571 g/mol. The Morgan fingerprint density at radius 2 is 1.71 bits per heavy atom. The van der Waals surface area contributed by atoms with Gasteiger partial charge in [0.25, 0.3) is 5.91 Å². The maximum atomic E-state index is 12.9. The quantitative estimate of drug-likeness (QED) is 0.227. The second-order valence-corrected chi connectivity index (χ2v) is 9.12. The molecule has 1 aliphatic rings. The first-order valence-electron chi connectivity index (χ1n) is 9.55. The molecular formula is C24H18BrIN2O3. The number of hydrogen-bond acceptors (Lipinski definition) is 3. The number of carbonyl (C=O) groups is 2. The van der Waals surface area contributed by atoms with Gasteiger partial charge in [-0.05, 0) is 70.1 Å². The van der Waals surface area contributed by atoms with Gasteiger partial charge in [0.05, 0.1) is 6.54 Å². The fraction of sp³-hybridized carbons (Fsp3) is 0.0833. The van der Waals surface area contributed by atoms with Gasteiger partial charge >= 0.3 is 6.03 Å². The van der Waals surface area contributed by atoms with Crippen LogP contribution in [0.3, 0.4) is 0 Å². The van der Waals surface area contributed by atoms with Crippen LogP contribution in [0.4, 0.5) is 4.79 Å². The molecule has 0 saturated carbocycles. The van der Waals surface area contributed by atoms with Gasteiger partial charge in [-0.15, -0.1) is 0 Å². The maximum Gasteiger partial charge on any atom is 0.329 e. The number of hydrogen-bond donors (Lipinski definition) is 1. The lowest BCUT2D eigenvalue weighted by atomic mass is 10.1. The summed E-state index contributed by atoms with van der Waals surface area (Å²) in [4.78, 5) is 26.4. The molecule has 1 heterocycles. The highest BCUT2D eigenvalue weighted by atomic mass is 127. The van der Waals surface area contributed by atoms with E-state index in [4.69, 9.17) is 4.74 Å². The Balaban J connectivity index is 1.54. The highest BCUT2D eigenvalue weighted by molar-refractivity contribution is 14.1. The van der Waals surface area contributed by atoms with E-state index >= 15 is 0 Å². The highest BCUT2D eigenvalue weighted by Crippen LogP contribution is 2.27. The van der Waals surface area contributed by atoms with Crippen LogP contribution in [0.5, 0.6) is 5.75 Å². The third kappa shape index (κ3) is 5.34. The Kier molecular flexibility index (Phi) is 6.72. The number of nitrogens with one attached hydrogen (secondary N) is 1. The lowest BCUT2D eigenvalue weighted by molar-refractivity contribution is -0.123. The average molecular weight is 589 g/mol. The van der Waals surface area contributed by atoms with Crippen LogP contribution in [0.1, 0.15) is 16.7 Å². The third-order valence-corrected chi connectivity index (χ3v) is 5.94. The fourth-order valence-electron chi connectivity index (χ4n) is 3.14. The molecule has 4 rings (SSSR count).